The predicted octanol–water partition coefficient (Wildman–Crippen LogP) is 3.37. The number of aromatic nitrogens is 2. The van der Waals surface area contributed by atoms with Gasteiger partial charge in [0.05, 0.1) is 11.8 Å². The van der Waals surface area contributed by atoms with Crippen molar-refractivity contribution in [2.75, 3.05) is 6.61 Å². The molecule has 0 aromatic carbocycles. The minimum Gasteiger partial charge on any atom is -0.378 e. The minimum absolute atomic E-state index is 0.161. The summed E-state index contributed by atoms with van der Waals surface area (Å²) in [4.78, 5) is 12.6. The van der Waals surface area contributed by atoms with E-state index in [9.17, 15) is 4.79 Å². The zero-order valence-corrected chi connectivity index (χ0v) is 15.4. The molecule has 1 amide bonds. The Kier molecular flexibility index (Phi) is 5.00. The third-order valence-corrected chi connectivity index (χ3v) is 6.19. The van der Waals surface area contributed by atoms with E-state index in [-0.39, 0.29) is 17.2 Å². The molecule has 1 heterocycles. The zero-order chi connectivity index (χ0) is 17.3. The molecular formula is C19H31N3O2. The van der Waals surface area contributed by atoms with E-state index >= 15 is 0 Å². The van der Waals surface area contributed by atoms with E-state index in [0.29, 0.717) is 18.6 Å². The Hall–Kier alpha value is -1.36. The average Bonchev–Trinajstić information content (AvgIpc) is 3.15. The maximum Gasteiger partial charge on any atom is 0.220 e. The second-order valence-electron chi connectivity index (χ2n) is 7.69. The van der Waals surface area contributed by atoms with E-state index in [1.807, 2.05) is 13.8 Å². The summed E-state index contributed by atoms with van der Waals surface area (Å²) in [5.41, 5.74) is 3.46. The smallest absolute Gasteiger partial charge is 0.220 e. The molecule has 2 N–H and O–H groups in total. The van der Waals surface area contributed by atoms with Crippen LogP contribution >= 0.6 is 0 Å². The van der Waals surface area contributed by atoms with Crippen LogP contribution in [0.25, 0.3) is 0 Å². The van der Waals surface area contributed by atoms with Gasteiger partial charge in [-0.1, -0.05) is 19.8 Å². The Balaban J connectivity index is 1.59. The van der Waals surface area contributed by atoms with Gasteiger partial charge in [0.2, 0.25) is 5.91 Å². The summed E-state index contributed by atoms with van der Waals surface area (Å²) in [6.07, 6.45) is 6.74. The zero-order valence-electron chi connectivity index (χ0n) is 15.4. The van der Waals surface area contributed by atoms with Gasteiger partial charge in [0, 0.05) is 30.2 Å². The van der Waals surface area contributed by atoms with Crippen LogP contribution in [0.4, 0.5) is 0 Å². The fourth-order valence-electron chi connectivity index (χ4n) is 5.01. The van der Waals surface area contributed by atoms with Gasteiger partial charge in [-0.2, -0.15) is 5.10 Å². The number of rotatable bonds is 6. The molecule has 134 valence electrons. The number of H-pyrrole nitrogens is 1. The SMILES string of the molecule is CCOC1CC(NC(=O)CC(C)c2c(C)n[nH]c2C)C12CCCC2. The molecular weight excluding hydrogens is 302 g/mol. The number of aromatic amines is 1. The number of nitrogens with one attached hydrogen (secondary N) is 2. The van der Waals surface area contributed by atoms with Crippen molar-refractivity contribution in [3.05, 3.63) is 17.0 Å². The molecule has 1 aromatic rings. The van der Waals surface area contributed by atoms with Crippen LogP contribution in [-0.2, 0) is 9.53 Å². The molecule has 2 aliphatic carbocycles. The van der Waals surface area contributed by atoms with E-state index in [2.05, 4.69) is 29.4 Å². The molecule has 3 unspecified atom stereocenters. The van der Waals surface area contributed by atoms with Crippen LogP contribution in [0.5, 0.6) is 0 Å². The number of hydrogen-bond acceptors (Lipinski definition) is 3. The average molecular weight is 333 g/mol. The summed E-state index contributed by atoms with van der Waals surface area (Å²) < 4.78 is 5.94. The van der Waals surface area contributed by atoms with Crippen LogP contribution in [0.1, 0.15) is 75.2 Å². The Morgan fingerprint density at radius 3 is 2.71 bits per heavy atom. The third-order valence-electron chi connectivity index (χ3n) is 6.19. The first kappa shape index (κ1) is 17.5. The lowest BCUT2D eigenvalue weighted by Gasteiger charge is -2.54. The number of carbonyl (C=O) groups excluding carboxylic acids is 1. The Morgan fingerprint density at radius 1 is 1.42 bits per heavy atom. The second kappa shape index (κ2) is 6.87. The molecule has 0 aliphatic heterocycles. The lowest BCUT2D eigenvalue weighted by atomic mass is 9.60. The maximum atomic E-state index is 12.6. The summed E-state index contributed by atoms with van der Waals surface area (Å²) in [7, 11) is 0. The lowest BCUT2D eigenvalue weighted by molar-refractivity contribution is -0.144. The molecule has 5 nitrogen and oxygen atoms in total. The highest BCUT2D eigenvalue weighted by Gasteiger charge is 2.57. The number of nitrogens with zero attached hydrogens (tertiary/aromatic N) is 1. The molecule has 2 saturated carbocycles. The first-order chi connectivity index (χ1) is 11.5. The van der Waals surface area contributed by atoms with Crippen LogP contribution < -0.4 is 5.32 Å². The summed E-state index contributed by atoms with van der Waals surface area (Å²) in [6, 6.07) is 0.294. The summed E-state index contributed by atoms with van der Waals surface area (Å²) >= 11 is 0. The molecule has 5 heteroatoms. The van der Waals surface area contributed by atoms with Crippen molar-refractivity contribution in [1.29, 1.82) is 0 Å². The fourth-order valence-corrected chi connectivity index (χ4v) is 5.01. The highest BCUT2D eigenvalue weighted by atomic mass is 16.5. The molecule has 3 rings (SSSR count). The first-order valence-electron chi connectivity index (χ1n) is 9.40. The molecule has 2 fully saturated rings. The van der Waals surface area contributed by atoms with E-state index < -0.39 is 0 Å². The van der Waals surface area contributed by atoms with Gasteiger partial charge < -0.3 is 10.1 Å². The van der Waals surface area contributed by atoms with Crippen LogP contribution in [0.2, 0.25) is 0 Å². The van der Waals surface area contributed by atoms with Crippen molar-refractivity contribution in [2.45, 2.75) is 84.3 Å². The summed E-state index contributed by atoms with van der Waals surface area (Å²) in [5.74, 6) is 0.347. The van der Waals surface area contributed by atoms with Crippen LogP contribution in [0, 0.1) is 19.3 Å². The van der Waals surface area contributed by atoms with Crippen molar-refractivity contribution >= 4 is 5.91 Å². The van der Waals surface area contributed by atoms with Crippen molar-refractivity contribution in [3.63, 3.8) is 0 Å². The molecule has 24 heavy (non-hydrogen) atoms. The van der Waals surface area contributed by atoms with Gasteiger partial charge in [-0.25, -0.2) is 0 Å². The van der Waals surface area contributed by atoms with Crippen molar-refractivity contribution < 1.29 is 9.53 Å². The summed E-state index contributed by atoms with van der Waals surface area (Å²) in [5, 5.41) is 10.6. The molecule has 2 aliphatic rings. The van der Waals surface area contributed by atoms with Gasteiger partial charge in [-0.05, 0) is 51.5 Å². The second-order valence-corrected chi connectivity index (χ2v) is 7.69. The topological polar surface area (TPSA) is 67.0 Å². The van der Waals surface area contributed by atoms with Crippen molar-refractivity contribution in [1.82, 2.24) is 15.5 Å². The van der Waals surface area contributed by atoms with E-state index in [4.69, 9.17) is 4.74 Å². The lowest BCUT2D eigenvalue weighted by Crippen LogP contribution is -2.63. The summed E-state index contributed by atoms with van der Waals surface area (Å²) in [6.45, 7) is 8.96. The number of ether oxygens (including phenoxy) is 1. The Morgan fingerprint density at radius 2 is 2.12 bits per heavy atom. The highest BCUT2D eigenvalue weighted by Crippen LogP contribution is 2.54. The van der Waals surface area contributed by atoms with Gasteiger partial charge in [0.15, 0.2) is 0 Å². The number of carbonyl (C=O) groups is 1. The van der Waals surface area contributed by atoms with Gasteiger partial charge >= 0.3 is 0 Å². The monoisotopic (exact) mass is 333 g/mol. The van der Waals surface area contributed by atoms with E-state index in [0.717, 1.165) is 24.4 Å². The van der Waals surface area contributed by atoms with E-state index in [1.54, 1.807) is 0 Å². The van der Waals surface area contributed by atoms with E-state index in [1.165, 1.54) is 31.2 Å². The van der Waals surface area contributed by atoms with Crippen molar-refractivity contribution in [2.24, 2.45) is 5.41 Å². The van der Waals surface area contributed by atoms with Gasteiger partial charge in [-0.15, -0.1) is 0 Å². The van der Waals surface area contributed by atoms with Crippen LogP contribution in [0.15, 0.2) is 0 Å². The van der Waals surface area contributed by atoms with Crippen LogP contribution in [0.3, 0.4) is 0 Å². The number of hydrogen-bond donors (Lipinski definition) is 2. The highest BCUT2D eigenvalue weighted by molar-refractivity contribution is 5.77. The number of amides is 1. The standard InChI is InChI=1S/C19H31N3O2/c1-5-24-16-11-15(19(16)8-6-7-9-19)20-17(23)10-12(2)18-13(3)21-22-14(18)4/h12,15-16H,5-11H2,1-4H3,(H,20,23)(H,21,22). The van der Waals surface area contributed by atoms with Gasteiger partial charge in [-0.3, -0.25) is 9.89 Å². The van der Waals surface area contributed by atoms with Gasteiger partial charge in [0.25, 0.3) is 0 Å². The predicted molar refractivity (Wildman–Crippen MR) is 94.0 cm³/mol. The minimum atomic E-state index is 0.161. The van der Waals surface area contributed by atoms with Crippen molar-refractivity contribution in [3.8, 4) is 0 Å². The molecule has 1 aromatic heterocycles. The third kappa shape index (κ3) is 2.99. The quantitative estimate of drug-likeness (QED) is 0.839. The molecule has 0 bridgehead atoms. The maximum absolute atomic E-state index is 12.6. The molecule has 3 atom stereocenters. The molecule has 0 saturated heterocycles. The van der Waals surface area contributed by atoms with Crippen LogP contribution in [-0.4, -0.2) is 34.9 Å². The Labute approximate surface area is 144 Å². The first-order valence-corrected chi connectivity index (χ1v) is 9.40. The molecule has 1 spiro atoms. The van der Waals surface area contributed by atoms with Gasteiger partial charge in [0.1, 0.15) is 0 Å². The largest absolute Gasteiger partial charge is 0.378 e. The molecule has 0 radical (unpaired) electrons. The normalized spacial score (nSPS) is 26.3. The fraction of sp³-hybridized carbons (Fsp3) is 0.789. The number of aryl methyl sites for hydroxylation is 2. The Bertz CT molecular complexity index is 570.